The van der Waals surface area contributed by atoms with E-state index >= 15 is 0 Å². The summed E-state index contributed by atoms with van der Waals surface area (Å²) in [7, 11) is 0. The van der Waals surface area contributed by atoms with Crippen LogP contribution in [0.25, 0.3) is 0 Å². The summed E-state index contributed by atoms with van der Waals surface area (Å²) >= 11 is 0. The second-order valence-corrected chi connectivity index (χ2v) is 5.90. The summed E-state index contributed by atoms with van der Waals surface area (Å²) in [6.45, 7) is 0. The number of nitrogens with one attached hydrogen (secondary N) is 1. The number of carbonyl (C=O) groups is 1. The molecule has 6 nitrogen and oxygen atoms in total. The van der Waals surface area contributed by atoms with Crippen molar-refractivity contribution in [3.63, 3.8) is 0 Å². The highest BCUT2D eigenvalue weighted by Gasteiger charge is 2.41. The number of hydrogen-bond donors (Lipinski definition) is 1. The number of aromatic nitrogens is 4. The molecule has 6 heteroatoms. The number of rotatable bonds is 5. The fourth-order valence-electron chi connectivity index (χ4n) is 3.13. The number of tetrazole rings is 1. The predicted octanol–water partition coefficient (Wildman–Crippen LogP) is 3.35. The Morgan fingerprint density at radius 1 is 0.741 bits per heavy atom. The molecule has 0 unspecified atom stereocenters. The predicted molar refractivity (Wildman–Crippen MR) is 98.8 cm³/mol. The maximum Gasteiger partial charge on any atom is 0.381 e. The lowest BCUT2D eigenvalue weighted by Crippen LogP contribution is -2.35. The Labute approximate surface area is 155 Å². The molecule has 0 aliphatic carbocycles. The van der Waals surface area contributed by atoms with E-state index in [2.05, 4.69) is 20.6 Å². The number of H-pyrrole nitrogens is 1. The van der Waals surface area contributed by atoms with Crippen LogP contribution in [0.4, 0.5) is 0 Å². The van der Waals surface area contributed by atoms with Crippen molar-refractivity contribution < 1.29 is 9.53 Å². The zero-order valence-corrected chi connectivity index (χ0v) is 14.3. The Morgan fingerprint density at radius 2 is 1.19 bits per heavy atom. The smallest absolute Gasteiger partial charge is 0.381 e. The van der Waals surface area contributed by atoms with E-state index in [0.717, 1.165) is 16.7 Å². The molecular weight excluding hydrogens is 340 g/mol. The van der Waals surface area contributed by atoms with Crippen molar-refractivity contribution in [2.24, 2.45) is 0 Å². The largest absolute Gasteiger partial charge is 0.438 e. The Bertz CT molecular complexity index is 907. The summed E-state index contributed by atoms with van der Waals surface area (Å²) in [6.07, 6.45) is 0. The molecule has 1 N–H and O–H groups in total. The van der Waals surface area contributed by atoms with Gasteiger partial charge in [-0.15, -0.1) is 10.2 Å². The molecule has 0 spiro atoms. The van der Waals surface area contributed by atoms with Crippen LogP contribution >= 0.6 is 0 Å². The summed E-state index contributed by atoms with van der Waals surface area (Å²) in [5.74, 6) is -0.789. The summed E-state index contributed by atoms with van der Waals surface area (Å²) in [5, 5.41) is 13.3. The van der Waals surface area contributed by atoms with Gasteiger partial charge in [-0.25, -0.2) is 4.79 Å². The van der Waals surface area contributed by atoms with Crippen LogP contribution in [0.1, 0.15) is 27.3 Å². The number of hydrogen-bond acceptors (Lipinski definition) is 5. The minimum absolute atomic E-state index is 0.123. The highest BCUT2D eigenvalue weighted by molar-refractivity contribution is 5.85. The number of esters is 1. The fourth-order valence-corrected chi connectivity index (χ4v) is 3.13. The van der Waals surface area contributed by atoms with Crippen molar-refractivity contribution in [2.75, 3.05) is 0 Å². The molecule has 0 aliphatic heterocycles. The molecule has 0 saturated heterocycles. The van der Waals surface area contributed by atoms with Gasteiger partial charge >= 0.3 is 5.97 Å². The Balaban J connectivity index is 1.96. The maximum atomic E-state index is 12.8. The van der Waals surface area contributed by atoms with Gasteiger partial charge in [0.1, 0.15) is 0 Å². The van der Waals surface area contributed by atoms with Crippen LogP contribution in [0.3, 0.4) is 0 Å². The summed E-state index contributed by atoms with van der Waals surface area (Å²) in [5.41, 5.74) is 1.30. The van der Waals surface area contributed by atoms with Gasteiger partial charge in [-0.2, -0.15) is 5.21 Å². The summed E-state index contributed by atoms with van der Waals surface area (Å²) in [4.78, 5) is 12.8. The van der Waals surface area contributed by atoms with Crippen molar-refractivity contribution in [1.29, 1.82) is 0 Å². The molecule has 4 aromatic rings. The first-order chi connectivity index (χ1) is 13.3. The van der Waals surface area contributed by atoms with Crippen molar-refractivity contribution in [1.82, 2.24) is 20.6 Å². The third-order valence-electron chi connectivity index (χ3n) is 4.31. The Morgan fingerprint density at radius 3 is 1.56 bits per heavy atom. The Hall–Kier alpha value is -3.80. The lowest BCUT2D eigenvalue weighted by atomic mass is 9.80. The van der Waals surface area contributed by atoms with Gasteiger partial charge in [0.05, 0.1) is 0 Å². The normalized spacial score (nSPS) is 11.1. The highest BCUT2D eigenvalue weighted by atomic mass is 16.6. The highest BCUT2D eigenvalue weighted by Crippen LogP contribution is 2.40. The number of nitrogens with zero attached hydrogens (tertiary/aromatic N) is 3. The van der Waals surface area contributed by atoms with E-state index in [9.17, 15) is 4.79 Å². The van der Waals surface area contributed by atoms with E-state index in [1.54, 1.807) is 0 Å². The maximum absolute atomic E-state index is 12.8. The SMILES string of the molecule is O=C(OC(c1ccccc1)(c1ccccc1)c1ccccc1)c1nn[nH]n1. The number of carbonyl (C=O) groups excluding carboxylic acids is 1. The van der Waals surface area contributed by atoms with Crippen LogP contribution in [-0.4, -0.2) is 26.6 Å². The van der Waals surface area contributed by atoms with E-state index in [4.69, 9.17) is 4.74 Å². The third-order valence-corrected chi connectivity index (χ3v) is 4.31. The first-order valence-corrected chi connectivity index (χ1v) is 8.44. The van der Waals surface area contributed by atoms with E-state index in [0.29, 0.717) is 0 Å². The first kappa shape index (κ1) is 16.7. The van der Waals surface area contributed by atoms with E-state index in [-0.39, 0.29) is 5.82 Å². The molecule has 0 radical (unpaired) electrons. The molecule has 0 atom stereocenters. The molecular formula is C21H16N4O2. The molecule has 1 heterocycles. The number of ether oxygens (including phenoxy) is 1. The molecule has 0 saturated carbocycles. The fraction of sp³-hybridized carbons (Fsp3) is 0.0476. The summed E-state index contributed by atoms with van der Waals surface area (Å²) < 4.78 is 6.12. The van der Waals surface area contributed by atoms with Crippen molar-refractivity contribution in [3.8, 4) is 0 Å². The topological polar surface area (TPSA) is 80.8 Å². The van der Waals surface area contributed by atoms with Gasteiger partial charge in [-0.1, -0.05) is 91.0 Å². The van der Waals surface area contributed by atoms with Crippen LogP contribution in [0, 0.1) is 0 Å². The molecule has 27 heavy (non-hydrogen) atoms. The van der Waals surface area contributed by atoms with Gasteiger partial charge in [0.25, 0.3) is 5.82 Å². The van der Waals surface area contributed by atoms with E-state index < -0.39 is 11.6 Å². The average Bonchev–Trinajstić information content (AvgIpc) is 3.29. The monoisotopic (exact) mass is 356 g/mol. The van der Waals surface area contributed by atoms with Crippen LogP contribution in [0.5, 0.6) is 0 Å². The van der Waals surface area contributed by atoms with E-state index in [1.807, 2.05) is 91.0 Å². The lowest BCUT2D eigenvalue weighted by molar-refractivity contribution is 0.0127. The minimum Gasteiger partial charge on any atom is -0.438 e. The van der Waals surface area contributed by atoms with Crippen LogP contribution < -0.4 is 0 Å². The Kier molecular flexibility index (Phi) is 4.45. The molecule has 0 amide bonds. The third kappa shape index (κ3) is 3.08. The van der Waals surface area contributed by atoms with Gasteiger partial charge in [0.2, 0.25) is 0 Å². The van der Waals surface area contributed by atoms with Crippen molar-refractivity contribution in [2.45, 2.75) is 5.60 Å². The van der Waals surface area contributed by atoms with E-state index in [1.165, 1.54) is 0 Å². The van der Waals surface area contributed by atoms with Gasteiger partial charge in [0, 0.05) is 16.7 Å². The van der Waals surface area contributed by atoms with Gasteiger partial charge in [0.15, 0.2) is 5.60 Å². The minimum atomic E-state index is -1.15. The van der Waals surface area contributed by atoms with Crippen LogP contribution in [0.15, 0.2) is 91.0 Å². The van der Waals surface area contributed by atoms with Gasteiger partial charge < -0.3 is 4.74 Å². The molecule has 0 bridgehead atoms. The molecule has 132 valence electrons. The molecule has 4 rings (SSSR count). The molecule has 1 aromatic heterocycles. The molecule has 0 aliphatic rings. The zero-order valence-electron chi connectivity index (χ0n) is 14.3. The quantitative estimate of drug-likeness (QED) is 0.438. The zero-order chi connectivity index (χ0) is 18.5. The number of benzene rings is 3. The second-order valence-electron chi connectivity index (χ2n) is 5.90. The van der Waals surface area contributed by atoms with Gasteiger partial charge in [-0.3, -0.25) is 0 Å². The standard InChI is InChI=1S/C21H16N4O2/c26-20(19-22-24-25-23-19)27-21(16-10-4-1-5-11-16,17-12-6-2-7-13-17)18-14-8-3-9-15-18/h1-15H,(H,22,23,24,25). The summed E-state index contributed by atoms with van der Waals surface area (Å²) in [6, 6.07) is 28.9. The average molecular weight is 356 g/mol. The van der Waals surface area contributed by atoms with Gasteiger partial charge in [-0.05, 0) is 5.21 Å². The van der Waals surface area contributed by atoms with Crippen LogP contribution in [0.2, 0.25) is 0 Å². The number of aromatic amines is 1. The molecule has 3 aromatic carbocycles. The van der Waals surface area contributed by atoms with Crippen molar-refractivity contribution in [3.05, 3.63) is 114 Å². The first-order valence-electron chi connectivity index (χ1n) is 8.44. The van der Waals surface area contributed by atoms with Crippen molar-refractivity contribution >= 4 is 5.97 Å². The molecule has 0 fully saturated rings. The van der Waals surface area contributed by atoms with Crippen LogP contribution in [-0.2, 0) is 10.3 Å². The lowest BCUT2D eigenvalue weighted by Gasteiger charge is -2.34. The second kappa shape index (κ2) is 7.21.